The molecule has 0 saturated carbocycles. The Balaban J connectivity index is 1.35. The topological polar surface area (TPSA) is 63.2 Å². The molecular formula is C20H26N6O. The predicted molar refractivity (Wildman–Crippen MR) is 104 cm³/mol. The monoisotopic (exact) mass is 366 g/mol. The van der Waals surface area contributed by atoms with Crippen LogP contribution in [0.3, 0.4) is 0 Å². The van der Waals surface area contributed by atoms with Gasteiger partial charge in [0.05, 0.1) is 12.2 Å². The van der Waals surface area contributed by atoms with Gasteiger partial charge in [-0.2, -0.15) is 10.1 Å². The number of hydrogen-bond acceptors (Lipinski definition) is 6. The lowest BCUT2D eigenvalue weighted by atomic mass is 10.0. The minimum Gasteiger partial charge on any atom is -0.371 e. The summed E-state index contributed by atoms with van der Waals surface area (Å²) in [6.45, 7) is 4.84. The zero-order valence-electron chi connectivity index (χ0n) is 16.0. The van der Waals surface area contributed by atoms with Gasteiger partial charge in [-0.25, -0.2) is 4.68 Å². The molecule has 1 aliphatic rings. The van der Waals surface area contributed by atoms with Crippen molar-refractivity contribution in [2.24, 2.45) is 0 Å². The number of aryl methyl sites for hydroxylation is 1. The fraction of sp³-hybridized carbons (Fsp3) is 0.450. The van der Waals surface area contributed by atoms with Gasteiger partial charge in [-0.05, 0) is 44.2 Å². The maximum atomic E-state index is 5.33. The quantitative estimate of drug-likeness (QED) is 0.668. The number of rotatable bonds is 6. The first kappa shape index (κ1) is 17.7. The first-order chi connectivity index (χ1) is 13.2. The average Bonchev–Trinajstić information content (AvgIpc) is 3.40. The van der Waals surface area contributed by atoms with Gasteiger partial charge in [-0.15, -0.1) is 0 Å². The third-order valence-electron chi connectivity index (χ3n) is 5.26. The van der Waals surface area contributed by atoms with Crippen LogP contribution in [0, 0.1) is 0 Å². The second-order valence-electron chi connectivity index (χ2n) is 7.06. The van der Waals surface area contributed by atoms with Gasteiger partial charge in [0.25, 0.3) is 0 Å². The molecule has 0 amide bonds. The number of nitrogens with zero attached hydrogens (tertiary/aromatic N) is 6. The summed E-state index contributed by atoms with van der Waals surface area (Å²) in [5, 5.41) is 8.31. The van der Waals surface area contributed by atoms with E-state index in [1.165, 1.54) is 5.69 Å². The number of anilines is 1. The third-order valence-corrected chi connectivity index (χ3v) is 5.26. The van der Waals surface area contributed by atoms with Gasteiger partial charge in [-0.1, -0.05) is 18.1 Å². The summed E-state index contributed by atoms with van der Waals surface area (Å²) in [5.41, 5.74) is 2.36. The Hall–Kier alpha value is -2.67. The van der Waals surface area contributed by atoms with E-state index in [0.717, 1.165) is 43.9 Å². The van der Waals surface area contributed by atoms with Crippen LogP contribution in [0.15, 0.2) is 47.2 Å². The zero-order chi connectivity index (χ0) is 18.6. The minimum absolute atomic E-state index is 0.535. The Morgan fingerprint density at radius 3 is 2.70 bits per heavy atom. The highest BCUT2D eigenvalue weighted by Gasteiger charge is 2.24. The summed E-state index contributed by atoms with van der Waals surface area (Å²) in [6, 6.07) is 11.1. The van der Waals surface area contributed by atoms with Crippen LogP contribution in [-0.4, -0.2) is 51.0 Å². The van der Waals surface area contributed by atoms with E-state index < -0.39 is 0 Å². The first-order valence-corrected chi connectivity index (χ1v) is 9.59. The van der Waals surface area contributed by atoms with Gasteiger partial charge in [0.1, 0.15) is 0 Å². The molecule has 4 rings (SSSR count). The highest BCUT2D eigenvalue weighted by atomic mass is 16.5. The fourth-order valence-corrected chi connectivity index (χ4v) is 3.66. The molecule has 3 heterocycles. The maximum absolute atomic E-state index is 5.33. The molecule has 27 heavy (non-hydrogen) atoms. The van der Waals surface area contributed by atoms with Crippen molar-refractivity contribution in [1.82, 2.24) is 24.8 Å². The van der Waals surface area contributed by atoms with Crippen molar-refractivity contribution in [3.63, 3.8) is 0 Å². The van der Waals surface area contributed by atoms with Crippen LogP contribution >= 0.6 is 0 Å². The van der Waals surface area contributed by atoms with Gasteiger partial charge in [0, 0.05) is 43.6 Å². The van der Waals surface area contributed by atoms with Crippen molar-refractivity contribution in [2.75, 3.05) is 25.0 Å². The van der Waals surface area contributed by atoms with E-state index in [1.54, 1.807) is 6.20 Å². The van der Waals surface area contributed by atoms with Crippen molar-refractivity contribution in [2.45, 2.75) is 38.8 Å². The summed E-state index contributed by atoms with van der Waals surface area (Å²) in [7, 11) is 2.15. The highest BCUT2D eigenvalue weighted by molar-refractivity contribution is 5.53. The minimum atomic E-state index is 0.535. The Kier molecular flexibility index (Phi) is 5.20. The molecule has 0 aliphatic carbocycles. The van der Waals surface area contributed by atoms with Crippen molar-refractivity contribution in [3.05, 3.63) is 54.4 Å². The third kappa shape index (κ3) is 4.03. The molecule has 0 radical (unpaired) electrons. The highest BCUT2D eigenvalue weighted by Crippen LogP contribution is 2.24. The second kappa shape index (κ2) is 7.92. The van der Waals surface area contributed by atoms with Crippen LogP contribution in [0.25, 0.3) is 5.69 Å². The molecule has 2 aromatic heterocycles. The van der Waals surface area contributed by atoms with E-state index in [9.17, 15) is 0 Å². The summed E-state index contributed by atoms with van der Waals surface area (Å²) in [6.07, 6.45) is 6.83. The van der Waals surface area contributed by atoms with Gasteiger partial charge < -0.3 is 9.42 Å². The van der Waals surface area contributed by atoms with Crippen LogP contribution in [-0.2, 0) is 13.0 Å². The second-order valence-corrected chi connectivity index (χ2v) is 7.06. The molecule has 3 aromatic rings. The standard InChI is InChI=1S/C20H26N6O/c1-3-19-22-20(27-23-19)15-24(2)16-8-12-25(13-9-16)17-6-4-7-18(14-17)26-11-5-10-21-26/h4-7,10-11,14,16H,3,8-9,12-13,15H2,1-2H3. The molecule has 0 spiro atoms. The van der Waals surface area contributed by atoms with Crippen molar-refractivity contribution >= 4 is 5.69 Å². The molecule has 0 N–H and O–H groups in total. The lowest BCUT2D eigenvalue weighted by Gasteiger charge is -2.37. The summed E-state index contributed by atoms with van der Waals surface area (Å²) < 4.78 is 7.24. The SMILES string of the molecule is CCc1noc(CN(C)C2CCN(c3cccc(-n4cccn4)c3)CC2)n1. The van der Waals surface area contributed by atoms with E-state index in [0.29, 0.717) is 18.5 Å². The lowest BCUT2D eigenvalue weighted by Crippen LogP contribution is -2.43. The molecule has 1 aliphatic heterocycles. The van der Waals surface area contributed by atoms with Crippen molar-refractivity contribution in [1.29, 1.82) is 0 Å². The van der Waals surface area contributed by atoms with Gasteiger partial charge in [0.15, 0.2) is 5.82 Å². The lowest BCUT2D eigenvalue weighted by molar-refractivity contribution is 0.177. The molecule has 142 valence electrons. The Bertz CT molecular complexity index is 851. The van der Waals surface area contributed by atoms with E-state index in [1.807, 2.05) is 23.9 Å². The smallest absolute Gasteiger partial charge is 0.240 e. The van der Waals surface area contributed by atoms with E-state index >= 15 is 0 Å². The fourth-order valence-electron chi connectivity index (χ4n) is 3.66. The molecule has 0 bridgehead atoms. The Morgan fingerprint density at radius 2 is 2.00 bits per heavy atom. The molecule has 0 unspecified atom stereocenters. The summed E-state index contributed by atoms with van der Waals surface area (Å²) in [4.78, 5) is 9.22. The van der Waals surface area contributed by atoms with Crippen LogP contribution in [0.2, 0.25) is 0 Å². The predicted octanol–water partition coefficient (Wildman–Crippen LogP) is 2.92. The molecule has 1 saturated heterocycles. The molecule has 1 aromatic carbocycles. The Labute approximate surface area is 159 Å². The summed E-state index contributed by atoms with van der Waals surface area (Å²) >= 11 is 0. The van der Waals surface area contributed by atoms with Crippen molar-refractivity contribution < 1.29 is 4.52 Å². The van der Waals surface area contributed by atoms with Crippen LogP contribution in [0.1, 0.15) is 31.5 Å². The molecule has 0 atom stereocenters. The normalized spacial score (nSPS) is 15.6. The largest absolute Gasteiger partial charge is 0.371 e. The number of aromatic nitrogens is 4. The molecule has 1 fully saturated rings. The van der Waals surface area contributed by atoms with E-state index in [2.05, 4.69) is 56.4 Å². The number of hydrogen-bond donors (Lipinski definition) is 0. The molecule has 7 nitrogen and oxygen atoms in total. The van der Waals surface area contributed by atoms with E-state index in [4.69, 9.17) is 4.52 Å². The molecular weight excluding hydrogens is 340 g/mol. The Morgan fingerprint density at radius 1 is 1.19 bits per heavy atom. The van der Waals surface area contributed by atoms with Crippen LogP contribution < -0.4 is 4.90 Å². The zero-order valence-corrected chi connectivity index (χ0v) is 16.0. The number of piperidine rings is 1. The number of benzene rings is 1. The van der Waals surface area contributed by atoms with Gasteiger partial charge in [-0.3, -0.25) is 4.90 Å². The maximum Gasteiger partial charge on any atom is 0.240 e. The van der Waals surface area contributed by atoms with Gasteiger partial charge >= 0.3 is 0 Å². The first-order valence-electron chi connectivity index (χ1n) is 9.59. The molecule has 7 heteroatoms. The van der Waals surface area contributed by atoms with E-state index in [-0.39, 0.29) is 0 Å². The average molecular weight is 366 g/mol. The van der Waals surface area contributed by atoms with Crippen LogP contribution in [0.4, 0.5) is 5.69 Å². The van der Waals surface area contributed by atoms with Crippen molar-refractivity contribution in [3.8, 4) is 5.69 Å². The van der Waals surface area contributed by atoms with Crippen LogP contribution in [0.5, 0.6) is 0 Å². The van der Waals surface area contributed by atoms with Gasteiger partial charge in [0.2, 0.25) is 5.89 Å². The summed E-state index contributed by atoms with van der Waals surface area (Å²) in [5.74, 6) is 1.49.